The Labute approximate surface area is 177 Å². The normalized spacial score (nSPS) is 21.2. The monoisotopic (exact) mass is 415 g/mol. The SMILES string of the molecule is CCc1cccc(CC)c1-c1cc(OC)c(COC2C(F)=CC=CC2(C)Cl)cn1. The van der Waals surface area contributed by atoms with Gasteiger partial charge in [0.15, 0.2) is 0 Å². The van der Waals surface area contributed by atoms with Gasteiger partial charge in [0.05, 0.1) is 24.3 Å². The van der Waals surface area contributed by atoms with Crippen LogP contribution in [0.15, 0.2) is 54.5 Å². The van der Waals surface area contributed by atoms with Crippen LogP contribution in [0.5, 0.6) is 5.75 Å². The van der Waals surface area contributed by atoms with E-state index in [-0.39, 0.29) is 6.61 Å². The number of allylic oxidation sites excluding steroid dienone is 2. The van der Waals surface area contributed by atoms with Gasteiger partial charge in [0.2, 0.25) is 0 Å². The van der Waals surface area contributed by atoms with Gasteiger partial charge in [-0.15, -0.1) is 11.6 Å². The first-order chi connectivity index (χ1) is 13.9. The molecule has 29 heavy (non-hydrogen) atoms. The Balaban J connectivity index is 1.89. The molecule has 1 aliphatic carbocycles. The molecule has 5 heteroatoms. The minimum atomic E-state index is -0.935. The van der Waals surface area contributed by atoms with Crippen LogP contribution in [0.4, 0.5) is 4.39 Å². The Hall–Kier alpha value is -2.17. The fraction of sp³-hybridized carbons (Fsp3) is 0.375. The summed E-state index contributed by atoms with van der Waals surface area (Å²) in [6, 6.07) is 8.28. The zero-order valence-electron chi connectivity index (χ0n) is 17.3. The van der Waals surface area contributed by atoms with Crippen LogP contribution in [-0.4, -0.2) is 23.1 Å². The second kappa shape index (κ2) is 9.10. The number of halogens is 2. The van der Waals surface area contributed by atoms with E-state index in [1.807, 2.05) is 6.07 Å². The Morgan fingerprint density at radius 3 is 2.45 bits per heavy atom. The van der Waals surface area contributed by atoms with Gasteiger partial charge >= 0.3 is 0 Å². The van der Waals surface area contributed by atoms with Crippen molar-refractivity contribution in [2.75, 3.05) is 7.11 Å². The Bertz CT molecular complexity index is 914. The summed E-state index contributed by atoms with van der Waals surface area (Å²) in [5.74, 6) is 0.271. The molecule has 2 unspecified atom stereocenters. The zero-order chi connectivity index (χ0) is 21.0. The topological polar surface area (TPSA) is 31.4 Å². The van der Waals surface area contributed by atoms with Gasteiger partial charge in [0.1, 0.15) is 17.7 Å². The molecule has 0 aliphatic heterocycles. The first-order valence-corrected chi connectivity index (χ1v) is 10.3. The van der Waals surface area contributed by atoms with Crippen molar-refractivity contribution in [2.24, 2.45) is 0 Å². The maximum Gasteiger partial charge on any atom is 0.132 e. The van der Waals surface area contributed by atoms with Crippen molar-refractivity contribution < 1.29 is 13.9 Å². The number of pyridine rings is 1. The number of aromatic nitrogens is 1. The van der Waals surface area contributed by atoms with E-state index in [0.29, 0.717) is 5.75 Å². The van der Waals surface area contributed by atoms with E-state index in [1.54, 1.807) is 32.4 Å². The molecule has 3 nitrogen and oxygen atoms in total. The molecule has 0 bridgehead atoms. The second-order valence-electron chi connectivity index (χ2n) is 7.29. The number of alkyl halides is 1. The van der Waals surface area contributed by atoms with Crippen LogP contribution in [0.1, 0.15) is 37.5 Å². The highest BCUT2D eigenvalue weighted by Crippen LogP contribution is 2.35. The highest BCUT2D eigenvalue weighted by atomic mass is 35.5. The summed E-state index contributed by atoms with van der Waals surface area (Å²) in [6.45, 7) is 6.16. The van der Waals surface area contributed by atoms with E-state index in [2.05, 4.69) is 37.0 Å². The van der Waals surface area contributed by atoms with Gasteiger partial charge in [-0.3, -0.25) is 4.98 Å². The lowest BCUT2D eigenvalue weighted by atomic mass is 9.94. The zero-order valence-corrected chi connectivity index (χ0v) is 18.1. The Morgan fingerprint density at radius 1 is 1.17 bits per heavy atom. The quantitative estimate of drug-likeness (QED) is 0.505. The van der Waals surface area contributed by atoms with Gasteiger partial charge in [-0.05, 0) is 37.0 Å². The van der Waals surface area contributed by atoms with Crippen LogP contribution < -0.4 is 4.74 Å². The third-order valence-electron chi connectivity index (χ3n) is 5.26. The van der Waals surface area contributed by atoms with Crippen molar-refractivity contribution in [1.82, 2.24) is 4.98 Å². The molecule has 1 aromatic carbocycles. The van der Waals surface area contributed by atoms with Gasteiger partial charge in [-0.25, -0.2) is 4.39 Å². The minimum Gasteiger partial charge on any atom is -0.496 e. The molecule has 0 amide bonds. The fourth-order valence-corrected chi connectivity index (χ4v) is 3.90. The Kier molecular flexibility index (Phi) is 6.76. The summed E-state index contributed by atoms with van der Waals surface area (Å²) in [5.41, 5.74) is 5.28. The van der Waals surface area contributed by atoms with Crippen molar-refractivity contribution in [3.63, 3.8) is 0 Å². The smallest absolute Gasteiger partial charge is 0.132 e. The number of nitrogens with zero attached hydrogens (tertiary/aromatic N) is 1. The van der Waals surface area contributed by atoms with Gasteiger partial charge < -0.3 is 9.47 Å². The van der Waals surface area contributed by atoms with Crippen LogP contribution in [0.25, 0.3) is 11.3 Å². The summed E-state index contributed by atoms with van der Waals surface area (Å²) < 4.78 is 25.7. The number of methoxy groups -OCH3 is 1. The van der Waals surface area contributed by atoms with E-state index >= 15 is 0 Å². The average molecular weight is 416 g/mol. The molecule has 1 aromatic heterocycles. The largest absolute Gasteiger partial charge is 0.496 e. The lowest BCUT2D eigenvalue weighted by Gasteiger charge is -2.30. The van der Waals surface area contributed by atoms with Crippen LogP contribution in [0.2, 0.25) is 0 Å². The van der Waals surface area contributed by atoms with E-state index in [1.165, 1.54) is 17.2 Å². The first kappa shape index (κ1) is 21.5. The molecule has 1 heterocycles. The molecule has 2 aromatic rings. The van der Waals surface area contributed by atoms with Gasteiger partial charge in [0.25, 0.3) is 0 Å². The molecular formula is C24H27ClFNO2. The van der Waals surface area contributed by atoms with Gasteiger partial charge in [-0.2, -0.15) is 0 Å². The molecule has 0 spiro atoms. The van der Waals surface area contributed by atoms with Crippen molar-refractivity contribution >= 4 is 11.6 Å². The molecule has 1 aliphatic rings. The minimum absolute atomic E-state index is 0.147. The summed E-state index contributed by atoms with van der Waals surface area (Å²) in [5, 5.41) is 0. The number of hydrogen-bond acceptors (Lipinski definition) is 3. The first-order valence-electron chi connectivity index (χ1n) is 9.90. The van der Waals surface area contributed by atoms with E-state index in [9.17, 15) is 4.39 Å². The standard InChI is InChI=1S/C24H27ClFNO2/c1-5-16-9-7-10-17(6-2)22(16)20-13-21(28-4)18(14-27-20)15-29-23-19(26)11-8-12-24(23,3)25/h7-14,23H,5-6,15H2,1-4H3. The van der Waals surface area contributed by atoms with Crippen LogP contribution >= 0.6 is 11.6 Å². The van der Waals surface area contributed by atoms with E-state index < -0.39 is 16.8 Å². The van der Waals surface area contributed by atoms with Crippen LogP contribution in [0.3, 0.4) is 0 Å². The summed E-state index contributed by atoms with van der Waals surface area (Å²) >= 11 is 6.41. The van der Waals surface area contributed by atoms with Crippen LogP contribution in [0, 0.1) is 0 Å². The van der Waals surface area contributed by atoms with Gasteiger partial charge in [0, 0.05) is 23.4 Å². The van der Waals surface area contributed by atoms with Crippen molar-refractivity contribution in [3.8, 4) is 17.0 Å². The van der Waals surface area contributed by atoms with Crippen molar-refractivity contribution in [3.05, 3.63) is 71.2 Å². The molecule has 0 fully saturated rings. The highest BCUT2D eigenvalue weighted by molar-refractivity contribution is 6.25. The average Bonchev–Trinajstić information content (AvgIpc) is 2.72. The third-order valence-corrected chi connectivity index (χ3v) is 5.59. The molecular weight excluding hydrogens is 389 g/mol. The van der Waals surface area contributed by atoms with E-state index in [0.717, 1.165) is 29.7 Å². The van der Waals surface area contributed by atoms with Gasteiger partial charge in [-0.1, -0.05) is 44.2 Å². The lowest BCUT2D eigenvalue weighted by molar-refractivity contribution is 0.0337. The molecule has 3 rings (SSSR count). The predicted octanol–water partition coefficient (Wildman–Crippen LogP) is 6.19. The number of hydrogen-bond donors (Lipinski definition) is 0. The summed E-state index contributed by atoms with van der Waals surface area (Å²) in [7, 11) is 1.62. The molecule has 0 saturated carbocycles. The van der Waals surface area contributed by atoms with Crippen LogP contribution in [-0.2, 0) is 24.2 Å². The van der Waals surface area contributed by atoms with Crippen molar-refractivity contribution in [2.45, 2.75) is 51.2 Å². The molecule has 2 atom stereocenters. The third kappa shape index (κ3) is 4.54. The van der Waals surface area contributed by atoms with E-state index in [4.69, 9.17) is 21.1 Å². The predicted molar refractivity (Wildman–Crippen MR) is 116 cm³/mol. The fourth-order valence-electron chi connectivity index (χ4n) is 3.66. The lowest BCUT2D eigenvalue weighted by Crippen LogP contribution is -2.36. The number of aryl methyl sites for hydroxylation is 2. The number of rotatable bonds is 7. The summed E-state index contributed by atoms with van der Waals surface area (Å²) in [4.78, 5) is 3.74. The number of benzene rings is 1. The highest BCUT2D eigenvalue weighted by Gasteiger charge is 2.36. The van der Waals surface area contributed by atoms with Crippen molar-refractivity contribution in [1.29, 1.82) is 0 Å². The Morgan fingerprint density at radius 2 is 1.86 bits per heavy atom. The number of ether oxygens (including phenoxy) is 2. The molecule has 154 valence electrons. The maximum atomic E-state index is 14.2. The summed E-state index contributed by atoms with van der Waals surface area (Å²) in [6.07, 6.45) is 7.45. The molecule has 0 radical (unpaired) electrons. The second-order valence-corrected chi connectivity index (χ2v) is 8.11. The maximum absolute atomic E-state index is 14.2. The molecule has 0 saturated heterocycles. The molecule has 0 N–H and O–H groups in total.